The smallest absolute Gasteiger partial charge is 0.325 e. The van der Waals surface area contributed by atoms with Crippen molar-refractivity contribution in [1.29, 1.82) is 0 Å². The molecule has 0 saturated heterocycles. The normalized spacial score (nSPS) is 9.80. The van der Waals surface area contributed by atoms with Crippen LogP contribution in [0.4, 0.5) is 5.82 Å². The van der Waals surface area contributed by atoms with Gasteiger partial charge in [0, 0.05) is 6.20 Å². The van der Waals surface area contributed by atoms with E-state index in [0.29, 0.717) is 12.4 Å². The van der Waals surface area contributed by atoms with Gasteiger partial charge in [0.05, 0.1) is 11.1 Å². The highest BCUT2D eigenvalue weighted by Crippen LogP contribution is 2.19. The number of halogens is 1. The third kappa shape index (κ3) is 3.87. The van der Waals surface area contributed by atoms with Gasteiger partial charge in [0.1, 0.15) is 12.4 Å². The van der Waals surface area contributed by atoms with Crippen LogP contribution in [0.5, 0.6) is 0 Å². The lowest BCUT2D eigenvalue weighted by atomic mass is 10.3. The Morgan fingerprint density at radius 2 is 2.40 bits per heavy atom. The highest BCUT2D eigenvalue weighted by Gasteiger charge is 2.04. The molecule has 0 aliphatic carbocycles. The quantitative estimate of drug-likeness (QED) is 0.854. The summed E-state index contributed by atoms with van der Waals surface area (Å²) in [4.78, 5) is 15.2. The van der Waals surface area contributed by atoms with Gasteiger partial charge in [-0.25, -0.2) is 4.98 Å². The number of carbonyl (C=O) groups is 1. The van der Waals surface area contributed by atoms with Gasteiger partial charge in [-0.1, -0.05) is 0 Å². The van der Waals surface area contributed by atoms with Crippen molar-refractivity contribution >= 4 is 27.7 Å². The van der Waals surface area contributed by atoms with Gasteiger partial charge in [0.2, 0.25) is 0 Å². The monoisotopic (exact) mass is 272 g/mol. The molecule has 0 aliphatic heterocycles. The van der Waals surface area contributed by atoms with E-state index in [1.807, 2.05) is 13.0 Å². The van der Waals surface area contributed by atoms with Crippen LogP contribution in [0.25, 0.3) is 0 Å². The minimum atomic E-state index is -0.285. The molecule has 0 saturated carbocycles. The lowest BCUT2D eigenvalue weighted by Gasteiger charge is -2.07. The summed E-state index contributed by atoms with van der Waals surface area (Å²) in [5.74, 6) is 0.362. The Bertz CT molecular complexity index is 355. The van der Waals surface area contributed by atoms with Gasteiger partial charge >= 0.3 is 5.97 Å². The van der Waals surface area contributed by atoms with Gasteiger partial charge in [-0.3, -0.25) is 4.79 Å². The second-order valence-electron chi connectivity index (χ2n) is 3.00. The SMILES string of the molecule is CCOC(=O)CNc1ncc(C)cc1Br. The molecule has 1 aromatic heterocycles. The second-order valence-corrected chi connectivity index (χ2v) is 3.86. The van der Waals surface area contributed by atoms with Gasteiger partial charge in [-0.05, 0) is 41.4 Å². The summed E-state index contributed by atoms with van der Waals surface area (Å²) >= 11 is 3.36. The molecule has 1 aromatic rings. The van der Waals surface area contributed by atoms with Crippen LogP contribution in [-0.2, 0) is 9.53 Å². The summed E-state index contributed by atoms with van der Waals surface area (Å²) in [5.41, 5.74) is 1.06. The highest BCUT2D eigenvalue weighted by molar-refractivity contribution is 9.10. The number of aryl methyl sites for hydroxylation is 1. The minimum absolute atomic E-state index is 0.127. The highest BCUT2D eigenvalue weighted by atomic mass is 79.9. The fourth-order valence-electron chi connectivity index (χ4n) is 1.03. The topological polar surface area (TPSA) is 51.2 Å². The van der Waals surface area contributed by atoms with Crippen LogP contribution < -0.4 is 5.32 Å². The number of nitrogens with one attached hydrogen (secondary N) is 1. The molecule has 0 bridgehead atoms. The first-order valence-electron chi connectivity index (χ1n) is 4.65. The van der Waals surface area contributed by atoms with E-state index in [-0.39, 0.29) is 12.5 Å². The molecule has 1 N–H and O–H groups in total. The number of esters is 1. The first kappa shape index (κ1) is 12.0. The van der Waals surface area contributed by atoms with Crippen LogP contribution in [0.15, 0.2) is 16.7 Å². The van der Waals surface area contributed by atoms with Crippen molar-refractivity contribution in [2.45, 2.75) is 13.8 Å². The molecule has 1 heterocycles. The molecule has 5 heteroatoms. The predicted octanol–water partition coefficient (Wildman–Crippen LogP) is 2.13. The molecule has 0 aliphatic rings. The number of ether oxygens (including phenoxy) is 1. The summed E-state index contributed by atoms with van der Waals surface area (Å²) in [6.07, 6.45) is 1.73. The summed E-state index contributed by atoms with van der Waals surface area (Å²) in [7, 11) is 0. The average molecular weight is 273 g/mol. The molecule has 15 heavy (non-hydrogen) atoms. The summed E-state index contributed by atoms with van der Waals surface area (Å²) in [6, 6.07) is 1.93. The van der Waals surface area contributed by atoms with Crippen LogP contribution in [0.3, 0.4) is 0 Å². The third-order valence-corrected chi connectivity index (χ3v) is 2.29. The average Bonchev–Trinajstić information content (AvgIpc) is 2.17. The Labute approximate surface area is 97.2 Å². The number of pyridine rings is 1. The van der Waals surface area contributed by atoms with Crippen molar-refractivity contribution in [1.82, 2.24) is 4.98 Å². The molecule has 1 rings (SSSR count). The Balaban J connectivity index is 2.54. The summed E-state index contributed by atoms with van der Waals surface area (Å²) < 4.78 is 5.62. The second kappa shape index (κ2) is 5.70. The Hall–Kier alpha value is -1.10. The number of carbonyl (C=O) groups excluding carboxylic acids is 1. The van der Waals surface area contributed by atoms with Crippen molar-refractivity contribution in [3.63, 3.8) is 0 Å². The van der Waals surface area contributed by atoms with E-state index in [4.69, 9.17) is 4.74 Å². The lowest BCUT2D eigenvalue weighted by molar-refractivity contribution is -0.140. The number of rotatable bonds is 4. The molecule has 0 unspecified atom stereocenters. The molecule has 0 radical (unpaired) electrons. The Morgan fingerprint density at radius 1 is 1.67 bits per heavy atom. The maximum Gasteiger partial charge on any atom is 0.325 e. The number of hydrogen-bond acceptors (Lipinski definition) is 4. The zero-order valence-corrected chi connectivity index (χ0v) is 10.3. The van der Waals surface area contributed by atoms with Gasteiger partial charge in [0.15, 0.2) is 0 Å². The largest absolute Gasteiger partial charge is 0.465 e. The van der Waals surface area contributed by atoms with Gasteiger partial charge in [-0.15, -0.1) is 0 Å². The van der Waals surface area contributed by atoms with E-state index in [1.54, 1.807) is 13.1 Å². The van der Waals surface area contributed by atoms with Crippen molar-refractivity contribution in [2.75, 3.05) is 18.5 Å². The van der Waals surface area contributed by atoms with Crippen LogP contribution in [0, 0.1) is 6.92 Å². The van der Waals surface area contributed by atoms with Gasteiger partial charge in [0.25, 0.3) is 0 Å². The molecule has 4 nitrogen and oxygen atoms in total. The number of aromatic nitrogens is 1. The molecule has 0 amide bonds. The lowest BCUT2D eigenvalue weighted by Crippen LogP contribution is -2.17. The molecule has 0 spiro atoms. The van der Waals surface area contributed by atoms with E-state index in [2.05, 4.69) is 26.2 Å². The fraction of sp³-hybridized carbons (Fsp3) is 0.400. The molecular formula is C10H13BrN2O2. The molecule has 0 aromatic carbocycles. The zero-order valence-electron chi connectivity index (χ0n) is 8.71. The number of nitrogens with zero attached hydrogens (tertiary/aromatic N) is 1. The number of hydrogen-bond donors (Lipinski definition) is 1. The van der Waals surface area contributed by atoms with Crippen LogP contribution in [-0.4, -0.2) is 24.1 Å². The third-order valence-electron chi connectivity index (χ3n) is 1.68. The number of anilines is 1. The van der Waals surface area contributed by atoms with E-state index >= 15 is 0 Å². The molecule has 0 atom stereocenters. The van der Waals surface area contributed by atoms with Crippen molar-refractivity contribution < 1.29 is 9.53 Å². The maximum absolute atomic E-state index is 11.1. The first-order valence-corrected chi connectivity index (χ1v) is 5.44. The van der Waals surface area contributed by atoms with Gasteiger partial charge < -0.3 is 10.1 Å². The van der Waals surface area contributed by atoms with Crippen LogP contribution >= 0.6 is 15.9 Å². The summed E-state index contributed by atoms with van der Waals surface area (Å²) in [6.45, 7) is 4.25. The van der Waals surface area contributed by atoms with Crippen molar-refractivity contribution in [3.8, 4) is 0 Å². The van der Waals surface area contributed by atoms with Crippen molar-refractivity contribution in [3.05, 3.63) is 22.3 Å². The van der Waals surface area contributed by atoms with Crippen LogP contribution in [0.2, 0.25) is 0 Å². The van der Waals surface area contributed by atoms with E-state index < -0.39 is 0 Å². The van der Waals surface area contributed by atoms with Crippen molar-refractivity contribution in [2.24, 2.45) is 0 Å². The molecule has 0 fully saturated rings. The standard InChI is InChI=1S/C10H13BrN2O2/c1-3-15-9(14)6-13-10-8(11)4-7(2)5-12-10/h4-5H,3,6H2,1-2H3,(H,12,13). The molecular weight excluding hydrogens is 260 g/mol. The zero-order chi connectivity index (χ0) is 11.3. The predicted molar refractivity (Wildman–Crippen MR) is 61.8 cm³/mol. The Kier molecular flexibility index (Phi) is 4.55. The minimum Gasteiger partial charge on any atom is -0.465 e. The van der Waals surface area contributed by atoms with Crippen LogP contribution in [0.1, 0.15) is 12.5 Å². The summed E-state index contributed by atoms with van der Waals surface area (Å²) in [5, 5.41) is 2.89. The van der Waals surface area contributed by atoms with E-state index in [0.717, 1.165) is 10.0 Å². The van der Waals surface area contributed by atoms with E-state index in [9.17, 15) is 4.79 Å². The Morgan fingerprint density at radius 3 is 3.00 bits per heavy atom. The van der Waals surface area contributed by atoms with Gasteiger partial charge in [-0.2, -0.15) is 0 Å². The maximum atomic E-state index is 11.1. The van der Waals surface area contributed by atoms with E-state index in [1.165, 1.54) is 0 Å². The first-order chi connectivity index (χ1) is 7.13. The molecule has 82 valence electrons. The fourth-order valence-corrected chi connectivity index (χ4v) is 1.64.